The monoisotopic (exact) mass is 1370 g/mol. The third kappa shape index (κ3) is 79.6. The molecule has 94 heavy (non-hydrogen) atoms. The van der Waals surface area contributed by atoms with Crippen LogP contribution in [0.2, 0.25) is 0 Å². The first-order valence-electron chi connectivity index (χ1n) is 33.2. The Kier molecular flexibility index (Phi) is 78.0. The molecule has 3 amide bonds. The summed E-state index contributed by atoms with van der Waals surface area (Å²) in [6.45, 7) is 23.9. The van der Waals surface area contributed by atoms with E-state index in [0.29, 0.717) is 330 Å². The highest BCUT2D eigenvalue weighted by atomic mass is 16.6. The van der Waals surface area contributed by atoms with Crippen molar-refractivity contribution in [3.05, 3.63) is 0 Å². The molecule has 4 N–H and O–H groups in total. The van der Waals surface area contributed by atoms with Gasteiger partial charge in [0.2, 0.25) is 17.7 Å². The molecule has 0 saturated heterocycles. The lowest BCUT2D eigenvalue weighted by Crippen LogP contribution is -2.47. The van der Waals surface area contributed by atoms with Crippen LogP contribution in [0.25, 0.3) is 0 Å². The fourth-order valence-corrected chi connectivity index (χ4v) is 7.14. The molecule has 0 bridgehead atoms. The molecule has 32 nitrogen and oxygen atoms in total. The Hall–Kier alpha value is -3.08. The Bertz CT molecular complexity index is 1560. The lowest BCUT2D eigenvalue weighted by molar-refractivity contribution is -0.137. The van der Waals surface area contributed by atoms with E-state index in [0.717, 1.165) is 0 Å². The molecule has 0 spiro atoms. The normalized spacial score (nSPS) is 11.9. The summed E-state index contributed by atoms with van der Waals surface area (Å²) in [6, 6.07) is -0.857. The van der Waals surface area contributed by atoms with Crippen molar-refractivity contribution in [3.63, 3.8) is 0 Å². The van der Waals surface area contributed by atoms with E-state index >= 15 is 0 Å². The number of aliphatic carboxylic acids is 1. The van der Waals surface area contributed by atoms with E-state index in [1.807, 2.05) is 0 Å². The van der Waals surface area contributed by atoms with Gasteiger partial charge >= 0.3 is 5.97 Å². The molecule has 0 aromatic heterocycles. The van der Waals surface area contributed by atoms with Crippen molar-refractivity contribution in [1.82, 2.24) is 16.0 Å². The first-order valence-corrected chi connectivity index (χ1v) is 33.2. The average molecular weight is 1370 g/mol. The quantitative estimate of drug-likeness (QED) is 0.0590. The molecule has 0 fully saturated rings. The van der Waals surface area contributed by atoms with Crippen molar-refractivity contribution in [1.29, 1.82) is 0 Å². The standard InChI is InChI=1S/C62H121N3O29/c1-58(66)65-59(7-8-60(67)63-9-5-3-4-6-61(68)69)62(70)64-10-11-72-14-15-74-18-19-76-22-23-78-26-27-80-30-31-82-34-35-84-38-39-86-42-43-88-46-47-90-50-51-92-54-55-94-57-56-93-53-52-91-49-48-89-45-44-87-41-40-85-37-36-83-33-32-81-29-28-79-25-24-77-21-20-75-17-16-73-13-12-71-2/h59H,3-57H2,1-2H3,(H,63,67)(H,64,70)(H,65,66)(H,68,69). The molecule has 32 heteroatoms. The number of carboxylic acid groups (broad SMARTS) is 1. The Morgan fingerprint density at radius 1 is 0.277 bits per heavy atom. The molecule has 0 aromatic carbocycles. The summed E-state index contributed by atoms with van der Waals surface area (Å²) in [5.74, 6) is -1.88. The fourth-order valence-electron chi connectivity index (χ4n) is 7.14. The zero-order valence-corrected chi connectivity index (χ0v) is 56.8. The summed E-state index contributed by atoms with van der Waals surface area (Å²) in [7, 11) is 1.64. The van der Waals surface area contributed by atoms with Gasteiger partial charge in [-0.1, -0.05) is 6.42 Å². The first-order chi connectivity index (χ1) is 46.4. The SMILES string of the molecule is COCCOCCOCCOCCOCCOCCOCCOCCOCCOCCOCCOCCOCCOCCOCCOCCOCCOCCOCCOCCOCCOCCOCCOCCNC(=O)C(CCC(=O)NCCCCCC(=O)O)NC(C)=O. The smallest absolute Gasteiger partial charge is 0.303 e. The molecule has 0 aromatic rings. The maximum atomic E-state index is 12.6. The number of hydrogen-bond donors (Lipinski definition) is 4. The van der Waals surface area contributed by atoms with Crippen LogP contribution in [0.3, 0.4) is 0 Å². The number of methoxy groups -OCH3 is 1. The van der Waals surface area contributed by atoms with Gasteiger partial charge in [-0.2, -0.15) is 0 Å². The largest absolute Gasteiger partial charge is 0.481 e. The molecule has 0 aliphatic heterocycles. The third-order valence-electron chi connectivity index (χ3n) is 11.9. The van der Waals surface area contributed by atoms with Crippen LogP contribution in [0, 0.1) is 0 Å². The molecule has 0 radical (unpaired) electrons. The summed E-state index contributed by atoms with van der Waals surface area (Å²) in [5, 5.41) is 16.7. The molecule has 558 valence electrons. The van der Waals surface area contributed by atoms with E-state index in [1.54, 1.807) is 7.11 Å². The van der Waals surface area contributed by atoms with Crippen molar-refractivity contribution >= 4 is 23.7 Å². The van der Waals surface area contributed by atoms with Crippen LogP contribution >= 0.6 is 0 Å². The highest BCUT2D eigenvalue weighted by molar-refractivity contribution is 5.87. The van der Waals surface area contributed by atoms with E-state index in [2.05, 4.69) is 16.0 Å². The van der Waals surface area contributed by atoms with Gasteiger partial charge in [0.1, 0.15) is 6.04 Å². The topological polar surface area (TPSA) is 346 Å². The van der Waals surface area contributed by atoms with Crippen LogP contribution in [0.15, 0.2) is 0 Å². The Labute approximate surface area is 558 Å². The van der Waals surface area contributed by atoms with Gasteiger partial charge in [0.15, 0.2) is 0 Å². The maximum Gasteiger partial charge on any atom is 0.303 e. The third-order valence-corrected chi connectivity index (χ3v) is 11.9. The minimum Gasteiger partial charge on any atom is -0.481 e. The van der Waals surface area contributed by atoms with Gasteiger partial charge in [0.25, 0.3) is 0 Å². The second-order valence-electron chi connectivity index (χ2n) is 19.7. The average Bonchev–Trinajstić information content (AvgIpc) is 2.66. The van der Waals surface area contributed by atoms with Crippen LogP contribution in [0.1, 0.15) is 45.4 Å². The highest BCUT2D eigenvalue weighted by Crippen LogP contribution is 2.02. The number of unbranched alkanes of at least 4 members (excludes halogenated alkanes) is 2. The zero-order chi connectivity index (χ0) is 67.9. The van der Waals surface area contributed by atoms with Gasteiger partial charge in [-0.3, -0.25) is 19.2 Å². The minimum absolute atomic E-state index is 0.0539. The predicted octanol–water partition coefficient (Wildman–Crippen LogP) is 0.177. The summed E-state index contributed by atoms with van der Waals surface area (Å²) in [4.78, 5) is 46.9. The van der Waals surface area contributed by atoms with Gasteiger partial charge < -0.3 is 135 Å². The number of nitrogens with one attached hydrogen (secondary N) is 3. The maximum absolute atomic E-state index is 12.6. The van der Waals surface area contributed by atoms with E-state index in [9.17, 15) is 19.2 Å². The molecular formula is C62H121N3O29. The Morgan fingerprint density at radius 3 is 0.713 bits per heavy atom. The second-order valence-corrected chi connectivity index (χ2v) is 19.7. The molecular weight excluding hydrogens is 1250 g/mol. The van der Waals surface area contributed by atoms with E-state index < -0.39 is 17.9 Å². The molecule has 0 aliphatic rings. The molecule has 0 heterocycles. The van der Waals surface area contributed by atoms with E-state index in [1.165, 1.54) is 6.92 Å². The van der Waals surface area contributed by atoms with Crippen LogP contribution in [0.4, 0.5) is 0 Å². The van der Waals surface area contributed by atoms with Crippen molar-refractivity contribution in [2.45, 2.75) is 51.5 Å². The van der Waals surface area contributed by atoms with Crippen LogP contribution in [0.5, 0.6) is 0 Å². The number of carbonyl (C=O) groups is 4. The van der Waals surface area contributed by atoms with Crippen molar-refractivity contribution in [2.75, 3.05) is 331 Å². The lowest BCUT2D eigenvalue weighted by atomic mass is 10.1. The Morgan fingerprint density at radius 2 is 0.500 bits per heavy atom. The first kappa shape index (κ1) is 90.9. The summed E-state index contributed by atoms with van der Waals surface area (Å²) in [5.41, 5.74) is 0. The fraction of sp³-hybridized carbons (Fsp3) is 0.935. The number of carbonyl (C=O) groups excluding carboxylic acids is 3. The molecule has 1 atom stereocenters. The van der Waals surface area contributed by atoms with Crippen LogP contribution < -0.4 is 16.0 Å². The van der Waals surface area contributed by atoms with Crippen molar-refractivity contribution < 1.29 is 138 Å². The van der Waals surface area contributed by atoms with Crippen LogP contribution in [-0.4, -0.2) is 366 Å². The summed E-state index contributed by atoms with van der Waals surface area (Å²) >= 11 is 0. The highest BCUT2D eigenvalue weighted by Gasteiger charge is 2.20. The number of amides is 3. The van der Waals surface area contributed by atoms with Gasteiger partial charge in [0, 0.05) is 40.0 Å². The van der Waals surface area contributed by atoms with Gasteiger partial charge in [0.05, 0.1) is 311 Å². The molecule has 1 unspecified atom stereocenters. The summed E-state index contributed by atoms with van der Waals surface area (Å²) in [6.07, 6.45) is 2.19. The number of carboxylic acids is 1. The van der Waals surface area contributed by atoms with Crippen LogP contribution in [-0.2, 0) is 133 Å². The zero-order valence-electron chi connectivity index (χ0n) is 56.8. The van der Waals surface area contributed by atoms with Crippen molar-refractivity contribution in [2.24, 2.45) is 0 Å². The molecule has 0 aliphatic carbocycles. The number of ether oxygens (including phenoxy) is 24. The van der Waals surface area contributed by atoms with E-state index in [-0.39, 0.29) is 44.2 Å². The Balaban J connectivity index is 3.22. The van der Waals surface area contributed by atoms with Gasteiger partial charge in [-0.25, -0.2) is 0 Å². The number of rotatable bonds is 83. The van der Waals surface area contributed by atoms with Crippen molar-refractivity contribution in [3.8, 4) is 0 Å². The van der Waals surface area contributed by atoms with E-state index in [4.69, 9.17) is 119 Å². The lowest BCUT2D eigenvalue weighted by Gasteiger charge is -2.17. The predicted molar refractivity (Wildman–Crippen MR) is 340 cm³/mol. The number of hydrogen-bond acceptors (Lipinski definition) is 28. The molecule has 0 saturated carbocycles. The minimum atomic E-state index is -0.857. The van der Waals surface area contributed by atoms with Gasteiger partial charge in [-0.05, 0) is 19.3 Å². The second kappa shape index (κ2) is 80.6. The van der Waals surface area contributed by atoms with Gasteiger partial charge in [-0.15, -0.1) is 0 Å². The molecule has 0 rings (SSSR count). The summed E-state index contributed by atoms with van der Waals surface area (Å²) < 4.78 is 131.